The minimum Gasteiger partial charge on any atom is -0.338 e. The Hall–Kier alpha value is -1.76. The van der Waals surface area contributed by atoms with Crippen LogP contribution in [0.5, 0.6) is 0 Å². The fourth-order valence-corrected chi connectivity index (χ4v) is 4.10. The molecule has 0 unspecified atom stereocenters. The zero-order chi connectivity index (χ0) is 17.8. The lowest BCUT2D eigenvalue weighted by Crippen LogP contribution is -2.48. The van der Waals surface area contributed by atoms with Crippen molar-refractivity contribution in [2.45, 2.75) is 32.4 Å². The first-order chi connectivity index (χ1) is 12.8. The van der Waals surface area contributed by atoms with E-state index in [1.807, 2.05) is 6.92 Å². The van der Waals surface area contributed by atoms with Crippen LogP contribution in [0.4, 0.5) is 0 Å². The number of hydrogen-bond donors (Lipinski definition) is 0. The van der Waals surface area contributed by atoms with E-state index in [2.05, 4.69) is 55.2 Å². The SMILES string of the molecule is Cc1noc([C@@H]2CCCN2CCN2CCN(Cc3ccccc3)CC2)n1. The van der Waals surface area contributed by atoms with Gasteiger partial charge in [0.2, 0.25) is 5.89 Å². The molecule has 0 bridgehead atoms. The molecule has 0 aliphatic carbocycles. The highest BCUT2D eigenvalue weighted by Crippen LogP contribution is 2.30. The minimum absolute atomic E-state index is 0.315. The summed E-state index contributed by atoms with van der Waals surface area (Å²) in [5, 5.41) is 3.96. The highest BCUT2D eigenvalue weighted by atomic mass is 16.5. The molecule has 6 heteroatoms. The third-order valence-electron chi connectivity index (χ3n) is 5.61. The van der Waals surface area contributed by atoms with Gasteiger partial charge in [-0.25, -0.2) is 0 Å². The van der Waals surface area contributed by atoms with E-state index in [0.717, 1.165) is 70.5 Å². The van der Waals surface area contributed by atoms with Gasteiger partial charge in [-0.15, -0.1) is 0 Å². The number of aromatic nitrogens is 2. The number of rotatable bonds is 6. The summed E-state index contributed by atoms with van der Waals surface area (Å²) < 4.78 is 5.42. The maximum atomic E-state index is 5.42. The molecule has 1 aromatic heterocycles. The quantitative estimate of drug-likeness (QED) is 0.793. The first-order valence-electron chi connectivity index (χ1n) is 9.81. The maximum absolute atomic E-state index is 5.42. The molecule has 3 heterocycles. The van der Waals surface area contributed by atoms with Crippen LogP contribution in [0.25, 0.3) is 0 Å². The summed E-state index contributed by atoms with van der Waals surface area (Å²) in [6.07, 6.45) is 2.35. The van der Waals surface area contributed by atoms with Crippen molar-refractivity contribution in [3.63, 3.8) is 0 Å². The Morgan fingerprint density at radius 3 is 2.50 bits per heavy atom. The summed E-state index contributed by atoms with van der Waals surface area (Å²) >= 11 is 0. The molecule has 0 spiro atoms. The molecule has 0 radical (unpaired) electrons. The van der Waals surface area contributed by atoms with E-state index in [0.29, 0.717) is 6.04 Å². The van der Waals surface area contributed by atoms with E-state index >= 15 is 0 Å². The predicted molar refractivity (Wildman–Crippen MR) is 101 cm³/mol. The lowest BCUT2D eigenvalue weighted by atomic mass is 10.2. The normalized spacial score (nSPS) is 22.9. The number of hydrogen-bond acceptors (Lipinski definition) is 6. The monoisotopic (exact) mass is 355 g/mol. The van der Waals surface area contributed by atoms with Gasteiger partial charge in [-0.2, -0.15) is 4.98 Å². The van der Waals surface area contributed by atoms with Gasteiger partial charge in [0.1, 0.15) is 0 Å². The molecular weight excluding hydrogens is 326 g/mol. The lowest BCUT2D eigenvalue weighted by Gasteiger charge is -2.35. The van der Waals surface area contributed by atoms with Gasteiger partial charge in [-0.3, -0.25) is 14.7 Å². The molecule has 0 N–H and O–H groups in total. The van der Waals surface area contributed by atoms with E-state index in [9.17, 15) is 0 Å². The van der Waals surface area contributed by atoms with Crippen LogP contribution in [0.2, 0.25) is 0 Å². The second kappa shape index (κ2) is 8.29. The third-order valence-corrected chi connectivity index (χ3v) is 5.61. The second-order valence-electron chi connectivity index (χ2n) is 7.48. The van der Waals surface area contributed by atoms with E-state index in [1.54, 1.807) is 0 Å². The summed E-state index contributed by atoms with van der Waals surface area (Å²) in [5.41, 5.74) is 1.41. The largest absolute Gasteiger partial charge is 0.338 e. The average molecular weight is 355 g/mol. The Bertz CT molecular complexity index is 681. The fraction of sp³-hybridized carbons (Fsp3) is 0.600. The van der Waals surface area contributed by atoms with Crippen LogP contribution in [-0.4, -0.2) is 70.7 Å². The molecule has 2 fully saturated rings. The molecule has 26 heavy (non-hydrogen) atoms. The van der Waals surface area contributed by atoms with Crippen LogP contribution in [0, 0.1) is 6.92 Å². The molecule has 4 rings (SSSR count). The molecule has 0 amide bonds. The van der Waals surface area contributed by atoms with E-state index < -0.39 is 0 Å². The summed E-state index contributed by atoms with van der Waals surface area (Å²) in [5.74, 6) is 1.54. The summed E-state index contributed by atoms with van der Waals surface area (Å²) in [6, 6.07) is 11.1. The average Bonchev–Trinajstić information content (AvgIpc) is 3.30. The van der Waals surface area contributed by atoms with Crippen molar-refractivity contribution in [2.24, 2.45) is 0 Å². The summed E-state index contributed by atoms with van der Waals surface area (Å²) in [6.45, 7) is 10.9. The van der Waals surface area contributed by atoms with Gasteiger partial charge < -0.3 is 4.52 Å². The number of aryl methyl sites for hydroxylation is 1. The number of benzene rings is 1. The Morgan fingerprint density at radius 2 is 1.77 bits per heavy atom. The van der Waals surface area contributed by atoms with Crippen LogP contribution >= 0.6 is 0 Å². The Morgan fingerprint density at radius 1 is 1.00 bits per heavy atom. The first-order valence-corrected chi connectivity index (χ1v) is 9.81. The Labute approximate surface area is 155 Å². The molecule has 2 saturated heterocycles. The van der Waals surface area contributed by atoms with Crippen LogP contribution < -0.4 is 0 Å². The van der Waals surface area contributed by atoms with Crippen molar-refractivity contribution < 1.29 is 4.52 Å². The van der Waals surface area contributed by atoms with Crippen molar-refractivity contribution in [3.8, 4) is 0 Å². The predicted octanol–water partition coefficient (Wildman–Crippen LogP) is 2.33. The van der Waals surface area contributed by atoms with Crippen LogP contribution in [-0.2, 0) is 6.54 Å². The topological polar surface area (TPSA) is 48.6 Å². The van der Waals surface area contributed by atoms with Crippen molar-refractivity contribution in [1.29, 1.82) is 0 Å². The van der Waals surface area contributed by atoms with Crippen molar-refractivity contribution in [1.82, 2.24) is 24.8 Å². The van der Waals surface area contributed by atoms with Gasteiger partial charge in [0.15, 0.2) is 5.82 Å². The smallest absolute Gasteiger partial charge is 0.243 e. The van der Waals surface area contributed by atoms with Gasteiger partial charge in [0.05, 0.1) is 6.04 Å². The molecule has 2 aliphatic rings. The van der Waals surface area contributed by atoms with E-state index in [1.165, 1.54) is 12.0 Å². The van der Waals surface area contributed by atoms with Crippen LogP contribution in [0.3, 0.4) is 0 Å². The third kappa shape index (κ3) is 4.31. The molecule has 6 nitrogen and oxygen atoms in total. The van der Waals surface area contributed by atoms with Gasteiger partial charge in [-0.05, 0) is 31.9 Å². The second-order valence-corrected chi connectivity index (χ2v) is 7.48. The standard InChI is InChI=1S/C20H29N5O/c1-17-21-20(26-22-17)19-8-5-9-25(19)15-14-23-10-12-24(13-11-23)16-18-6-3-2-4-7-18/h2-4,6-7,19H,5,8-16H2,1H3/t19-/m0/s1. The van der Waals surface area contributed by atoms with Crippen molar-refractivity contribution in [2.75, 3.05) is 45.8 Å². The van der Waals surface area contributed by atoms with E-state index in [4.69, 9.17) is 4.52 Å². The first kappa shape index (κ1) is 17.6. The van der Waals surface area contributed by atoms with Gasteiger partial charge in [0, 0.05) is 45.8 Å². The van der Waals surface area contributed by atoms with Crippen LogP contribution in [0.15, 0.2) is 34.9 Å². The Kier molecular flexibility index (Phi) is 5.62. The lowest BCUT2D eigenvalue weighted by molar-refractivity contribution is 0.108. The minimum atomic E-state index is 0.315. The fourth-order valence-electron chi connectivity index (χ4n) is 4.10. The molecule has 0 saturated carbocycles. The van der Waals surface area contributed by atoms with Gasteiger partial charge in [0.25, 0.3) is 0 Å². The van der Waals surface area contributed by atoms with E-state index in [-0.39, 0.29) is 0 Å². The molecule has 2 aromatic rings. The van der Waals surface area contributed by atoms with Crippen molar-refractivity contribution in [3.05, 3.63) is 47.6 Å². The zero-order valence-corrected chi connectivity index (χ0v) is 15.7. The highest BCUT2D eigenvalue weighted by Gasteiger charge is 2.30. The zero-order valence-electron chi connectivity index (χ0n) is 15.7. The molecule has 140 valence electrons. The molecule has 2 aliphatic heterocycles. The number of piperazine rings is 1. The number of likely N-dealkylation sites (tertiary alicyclic amines) is 1. The summed E-state index contributed by atoms with van der Waals surface area (Å²) in [7, 11) is 0. The molecule has 1 atom stereocenters. The van der Waals surface area contributed by atoms with Gasteiger partial charge >= 0.3 is 0 Å². The van der Waals surface area contributed by atoms with Gasteiger partial charge in [-0.1, -0.05) is 35.5 Å². The summed E-state index contributed by atoms with van der Waals surface area (Å²) in [4.78, 5) is 12.1. The maximum Gasteiger partial charge on any atom is 0.243 e. The highest BCUT2D eigenvalue weighted by molar-refractivity contribution is 5.14. The number of nitrogens with zero attached hydrogens (tertiary/aromatic N) is 5. The van der Waals surface area contributed by atoms with Crippen molar-refractivity contribution >= 4 is 0 Å². The molecular formula is C20H29N5O. The van der Waals surface area contributed by atoms with Crippen LogP contribution in [0.1, 0.15) is 36.2 Å². The Balaban J connectivity index is 1.22. The molecule has 1 aromatic carbocycles.